The van der Waals surface area contributed by atoms with Crippen molar-refractivity contribution in [3.05, 3.63) is 28.8 Å². The van der Waals surface area contributed by atoms with Crippen LogP contribution in [-0.4, -0.2) is 15.0 Å². The average molecular weight is 305 g/mol. The molecular formula is C13H21ClN2O2S. The summed E-state index contributed by atoms with van der Waals surface area (Å²) < 4.78 is 26.9. The standard InChI is InChI=1S/C13H21ClN2O2S/c1-3-10(4-2)9-16-19(17,18)12-6-5-11(8-15)13(14)7-12/h5-7,10,16H,3-4,8-9,15H2,1-2H3. The number of hydrogen-bond donors (Lipinski definition) is 2. The Kier molecular flexibility index (Phi) is 6.26. The lowest BCUT2D eigenvalue weighted by molar-refractivity contribution is 0.479. The second kappa shape index (κ2) is 7.24. The van der Waals surface area contributed by atoms with Crippen LogP contribution >= 0.6 is 11.6 Å². The van der Waals surface area contributed by atoms with Crippen molar-refractivity contribution in [2.24, 2.45) is 11.7 Å². The van der Waals surface area contributed by atoms with Gasteiger partial charge in [-0.15, -0.1) is 0 Å². The summed E-state index contributed by atoms with van der Waals surface area (Å²) in [5, 5.41) is 0.382. The van der Waals surface area contributed by atoms with Gasteiger partial charge in [-0.1, -0.05) is 44.4 Å². The molecule has 3 N–H and O–H groups in total. The molecule has 0 fully saturated rings. The van der Waals surface area contributed by atoms with Crippen molar-refractivity contribution >= 4 is 21.6 Å². The van der Waals surface area contributed by atoms with Crippen LogP contribution in [-0.2, 0) is 16.6 Å². The van der Waals surface area contributed by atoms with Gasteiger partial charge in [-0.25, -0.2) is 13.1 Å². The fourth-order valence-corrected chi connectivity index (χ4v) is 3.21. The molecule has 0 heterocycles. The summed E-state index contributed by atoms with van der Waals surface area (Å²) in [5.41, 5.74) is 6.23. The summed E-state index contributed by atoms with van der Waals surface area (Å²) in [5.74, 6) is 0.355. The van der Waals surface area contributed by atoms with Crippen LogP contribution in [0.4, 0.5) is 0 Å². The SMILES string of the molecule is CCC(CC)CNS(=O)(=O)c1ccc(CN)c(Cl)c1. The van der Waals surface area contributed by atoms with Gasteiger partial charge in [-0.2, -0.15) is 0 Å². The van der Waals surface area contributed by atoms with E-state index >= 15 is 0 Å². The molecule has 0 atom stereocenters. The number of sulfonamides is 1. The largest absolute Gasteiger partial charge is 0.326 e. The fourth-order valence-electron chi connectivity index (χ4n) is 1.75. The van der Waals surface area contributed by atoms with E-state index in [0.29, 0.717) is 24.0 Å². The average Bonchev–Trinajstić information content (AvgIpc) is 2.39. The van der Waals surface area contributed by atoms with Gasteiger partial charge < -0.3 is 5.73 Å². The van der Waals surface area contributed by atoms with E-state index in [9.17, 15) is 8.42 Å². The van der Waals surface area contributed by atoms with Gasteiger partial charge in [-0.05, 0) is 23.6 Å². The molecule has 19 heavy (non-hydrogen) atoms. The molecule has 0 aliphatic heterocycles. The van der Waals surface area contributed by atoms with E-state index in [-0.39, 0.29) is 4.90 Å². The van der Waals surface area contributed by atoms with Gasteiger partial charge in [0.1, 0.15) is 0 Å². The van der Waals surface area contributed by atoms with Gasteiger partial charge in [0.25, 0.3) is 0 Å². The zero-order chi connectivity index (χ0) is 14.5. The predicted molar refractivity (Wildman–Crippen MR) is 78.6 cm³/mol. The molecule has 108 valence electrons. The molecule has 0 aromatic heterocycles. The summed E-state index contributed by atoms with van der Waals surface area (Å²) in [6.07, 6.45) is 1.90. The second-order valence-electron chi connectivity index (χ2n) is 4.49. The van der Waals surface area contributed by atoms with Crippen LogP contribution in [0.3, 0.4) is 0 Å². The molecule has 0 spiro atoms. The summed E-state index contributed by atoms with van der Waals surface area (Å²) in [6, 6.07) is 4.62. The van der Waals surface area contributed by atoms with Crippen LogP contribution in [0.1, 0.15) is 32.3 Å². The third-order valence-corrected chi connectivity index (χ3v) is 5.04. The maximum Gasteiger partial charge on any atom is 0.240 e. The van der Waals surface area contributed by atoms with Crippen molar-refractivity contribution in [1.29, 1.82) is 0 Å². The second-order valence-corrected chi connectivity index (χ2v) is 6.67. The quantitative estimate of drug-likeness (QED) is 0.813. The maximum absolute atomic E-state index is 12.1. The van der Waals surface area contributed by atoms with Crippen molar-refractivity contribution in [2.45, 2.75) is 38.1 Å². The van der Waals surface area contributed by atoms with Crippen molar-refractivity contribution in [2.75, 3.05) is 6.54 Å². The lowest BCUT2D eigenvalue weighted by Gasteiger charge is -2.14. The number of halogens is 1. The van der Waals surface area contributed by atoms with Crippen LogP contribution in [0, 0.1) is 5.92 Å². The first kappa shape index (κ1) is 16.4. The molecule has 4 nitrogen and oxygen atoms in total. The molecule has 1 aromatic rings. The minimum atomic E-state index is -3.50. The van der Waals surface area contributed by atoms with Crippen LogP contribution in [0.2, 0.25) is 5.02 Å². The van der Waals surface area contributed by atoms with Gasteiger partial charge in [0.15, 0.2) is 0 Å². The van der Waals surface area contributed by atoms with Gasteiger partial charge in [0.05, 0.1) is 4.90 Å². The van der Waals surface area contributed by atoms with E-state index in [4.69, 9.17) is 17.3 Å². The van der Waals surface area contributed by atoms with Crippen LogP contribution in [0.25, 0.3) is 0 Å². The number of benzene rings is 1. The molecule has 6 heteroatoms. The van der Waals surface area contributed by atoms with Gasteiger partial charge in [-0.3, -0.25) is 0 Å². The number of hydrogen-bond acceptors (Lipinski definition) is 3. The third kappa shape index (κ3) is 4.45. The molecule has 1 aromatic carbocycles. The Morgan fingerprint density at radius 1 is 1.32 bits per heavy atom. The summed E-state index contributed by atoms with van der Waals surface area (Å²) in [4.78, 5) is 0.181. The summed E-state index contributed by atoms with van der Waals surface area (Å²) >= 11 is 5.98. The smallest absolute Gasteiger partial charge is 0.240 e. The van der Waals surface area contributed by atoms with Gasteiger partial charge in [0.2, 0.25) is 10.0 Å². The molecule has 0 amide bonds. The fraction of sp³-hybridized carbons (Fsp3) is 0.538. The Labute approximate surface area is 120 Å². The number of rotatable bonds is 7. The molecule has 1 rings (SSSR count). The first-order valence-electron chi connectivity index (χ1n) is 6.42. The molecule has 0 radical (unpaired) electrons. The Bertz CT molecular complexity index is 513. The number of nitrogens with one attached hydrogen (secondary N) is 1. The Morgan fingerprint density at radius 2 is 1.95 bits per heavy atom. The molecule has 0 saturated heterocycles. The highest BCUT2D eigenvalue weighted by molar-refractivity contribution is 7.89. The van der Waals surface area contributed by atoms with Crippen LogP contribution in [0.5, 0.6) is 0 Å². The Balaban J connectivity index is 2.85. The van der Waals surface area contributed by atoms with E-state index < -0.39 is 10.0 Å². The van der Waals surface area contributed by atoms with Gasteiger partial charge >= 0.3 is 0 Å². The van der Waals surface area contributed by atoms with Gasteiger partial charge in [0, 0.05) is 18.1 Å². The molecule has 0 unspecified atom stereocenters. The first-order chi connectivity index (χ1) is 8.94. The lowest BCUT2D eigenvalue weighted by Crippen LogP contribution is -2.29. The topological polar surface area (TPSA) is 72.2 Å². The van der Waals surface area contributed by atoms with E-state index in [1.165, 1.54) is 12.1 Å². The summed E-state index contributed by atoms with van der Waals surface area (Å²) in [7, 11) is -3.50. The normalized spacial score (nSPS) is 12.1. The van der Waals surface area contributed by atoms with Crippen molar-refractivity contribution in [3.8, 4) is 0 Å². The highest BCUT2D eigenvalue weighted by Gasteiger charge is 2.16. The predicted octanol–water partition coefficient (Wildman–Crippen LogP) is 2.51. The Hall–Kier alpha value is -0.620. The van der Waals surface area contributed by atoms with E-state index in [0.717, 1.165) is 18.4 Å². The lowest BCUT2D eigenvalue weighted by atomic mass is 10.0. The minimum Gasteiger partial charge on any atom is -0.326 e. The summed E-state index contributed by atoms with van der Waals surface area (Å²) in [6.45, 7) is 4.84. The molecule has 0 bridgehead atoms. The molecule has 0 aliphatic carbocycles. The molecular weight excluding hydrogens is 284 g/mol. The van der Waals surface area contributed by atoms with Crippen molar-refractivity contribution in [3.63, 3.8) is 0 Å². The van der Waals surface area contributed by atoms with Crippen LogP contribution in [0.15, 0.2) is 23.1 Å². The third-order valence-electron chi connectivity index (χ3n) is 3.27. The van der Waals surface area contributed by atoms with E-state index in [1.54, 1.807) is 6.07 Å². The van der Waals surface area contributed by atoms with E-state index in [1.807, 2.05) is 0 Å². The highest BCUT2D eigenvalue weighted by atomic mass is 35.5. The minimum absolute atomic E-state index is 0.181. The van der Waals surface area contributed by atoms with E-state index in [2.05, 4.69) is 18.6 Å². The highest BCUT2D eigenvalue weighted by Crippen LogP contribution is 2.20. The monoisotopic (exact) mass is 304 g/mol. The van der Waals surface area contributed by atoms with Crippen molar-refractivity contribution < 1.29 is 8.42 Å². The molecule has 0 saturated carbocycles. The van der Waals surface area contributed by atoms with Crippen LogP contribution < -0.4 is 10.5 Å². The first-order valence-corrected chi connectivity index (χ1v) is 8.28. The zero-order valence-corrected chi connectivity index (χ0v) is 12.9. The number of nitrogens with two attached hydrogens (primary N) is 1. The maximum atomic E-state index is 12.1. The Morgan fingerprint density at radius 3 is 2.42 bits per heavy atom. The van der Waals surface area contributed by atoms with Crippen molar-refractivity contribution in [1.82, 2.24) is 4.72 Å². The zero-order valence-electron chi connectivity index (χ0n) is 11.3. The molecule has 0 aliphatic rings.